The molecule has 0 aromatic heterocycles. The van der Waals surface area contributed by atoms with Crippen LogP contribution in [0.5, 0.6) is 5.75 Å². The van der Waals surface area contributed by atoms with E-state index in [4.69, 9.17) is 15.9 Å². The number of piperidine rings is 1. The van der Waals surface area contributed by atoms with Crippen molar-refractivity contribution < 1.29 is 14.6 Å². The van der Waals surface area contributed by atoms with Gasteiger partial charge in [0.2, 0.25) is 9.84 Å². The molecule has 1 fully saturated rings. The summed E-state index contributed by atoms with van der Waals surface area (Å²) < 4.78 is 32.5. The zero-order valence-corrected chi connectivity index (χ0v) is 18.2. The number of nitrogen functional groups attached to an aromatic ring is 1. The van der Waals surface area contributed by atoms with Crippen LogP contribution in [0, 0.1) is 5.41 Å². The second-order valence-electron chi connectivity index (χ2n) is 7.81. The lowest BCUT2D eigenvalue weighted by molar-refractivity contribution is 0.183. The Hall–Kier alpha value is -2.90. The zero-order chi connectivity index (χ0) is 21.8. The van der Waals surface area contributed by atoms with Gasteiger partial charge < -0.3 is 10.5 Å². The maximum atomic E-state index is 13.3. The number of nitrogens with two attached hydrogens (primary N) is 1. The minimum atomic E-state index is -4.06. The van der Waals surface area contributed by atoms with Gasteiger partial charge in [-0.2, -0.15) is 0 Å². The maximum absolute atomic E-state index is 13.3. The number of hydrogen-bond donors (Lipinski definition) is 2. The van der Waals surface area contributed by atoms with Crippen LogP contribution in [-0.2, 0) is 9.84 Å². The number of benzene rings is 3. The van der Waals surface area contributed by atoms with Gasteiger partial charge in [0.15, 0.2) is 5.04 Å². The van der Waals surface area contributed by atoms with Crippen molar-refractivity contribution in [2.45, 2.75) is 24.2 Å². The molecule has 3 N–H and O–H groups in total. The first-order valence-electron chi connectivity index (χ1n) is 10.5. The first-order valence-corrected chi connectivity index (χ1v) is 12.0. The molecule has 0 saturated carbocycles. The second kappa shape index (κ2) is 9.08. The summed E-state index contributed by atoms with van der Waals surface area (Å²) in [5.41, 5.74) is 6.44. The van der Waals surface area contributed by atoms with Crippen molar-refractivity contribution in [3.8, 4) is 5.75 Å². The van der Waals surface area contributed by atoms with Gasteiger partial charge in [-0.3, -0.25) is 10.3 Å². The number of fused-ring (bicyclic) bond motifs is 1. The smallest absolute Gasteiger partial charge is 0.224 e. The summed E-state index contributed by atoms with van der Waals surface area (Å²) in [5, 5.41) is 9.35. The van der Waals surface area contributed by atoms with E-state index in [1.807, 2.05) is 18.2 Å². The Morgan fingerprint density at radius 3 is 2.58 bits per heavy atom. The molecule has 0 spiro atoms. The first kappa shape index (κ1) is 21.3. The van der Waals surface area contributed by atoms with E-state index in [9.17, 15) is 8.42 Å². The Kier molecular flexibility index (Phi) is 6.25. The Bertz CT molecular complexity index is 1200. The number of likely N-dealkylation sites (tertiary alicyclic amines) is 1. The minimum Gasteiger partial charge on any atom is -0.492 e. The summed E-state index contributed by atoms with van der Waals surface area (Å²) in [5.74, 6) is 0.513. The largest absolute Gasteiger partial charge is 0.492 e. The summed E-state index contributed by atoms with van der Waals surface area (Å²) in [6.07, 6.45) is 3.72. The molecular formula is C24H29N3O3S. The number of rotatable bonds is 6. The van der Waals surface area contributed by atoms with Gasteiger partial charge in [-0.1, -0.05) is 42.8 Å². The first-order chi connectivity index (χ1) is 15.0. The van der Waals surface area contributed by atoms with Crippen LogP contribution in [-0.4, -0.2) is 44.6 Å². The predicted octanol–water partition coefficient (Wildman–Crippen LogP) is 4.33. The Morgan fingerprint density at radius 1 is 1.03 bits per heavy atom. The third kappa shape index (κ3) is 4.57. The Morgan fingerprint density at radius 2 is 1.77 bits per heavy atom. The quantitative estimate of drug-likeness (QED) is 0.338. The van der Waals surface area contributed by atoms with Crippen LogP contribution in [0.2, 0.25) is 0 Å². The van der Waals surface area contributed by atoms with Crippen LogP contribution < -0.4 is 10.5 Å². The monoisotopic (exact) mass is 439 g/mol. The molecule has 31 heavy (non-hydrogen) atoms. The molecule has 0 radical (unpaired) electrons. The number of sulfone groups is 1. The van der Waals surface area contributed by atoms with Crippen LogP contribution in [0.4, 0.5) is 5.69 Å². The summed E-state index contributed by atoms with van der Waals surface area (Å²) in [6, 6.07) is 17.2. The molecular weight excluding hydrogens is 410 g/mol. The Labute approximate surface area is 184 Å². The molecule has 164 valence electrons. The van der Waals surface area contributed by atoms with Crippen molar-refractivity contribution in [3.63, 3.8) is 0 Å². The molecule has 6 nitrogen and oxygen atoms in total. The molecule has 4 rings (SSSR count). The third-order valence-electron chi connectivity index (χ3n) is 5.70. The van der Waals surface area contributed by atoms with Crippen molar-refractivity contribution >= 4 is 31.3 Å². The molecule has 0 amide bonds. The van der Waals surface area contributed by atoms with Gasteiger partial charge >= 0.3 is 0 Å². The van der Waals surface area contributed by atoms with E-state index < -0.39 is 14.9 Å². The molecule has 0 unspecified atom stereocenters. The lowest BCUT2D eigenvalue weighted by Gasteiger charge is -2.26. The van der Waals surface area contributed by atoms with Gasteiger partial charge in [0.25, 0.3) is 0 Å². The molecule has 0 atom stereocenters. The average molecular weight is 440 g/mol. The number of hydrogen-bond acceptors (Lipinski definition) is 6. The fraction of sp³-hybridized carbons (Fsp3) is 0.292. The zero-order valence-electron chi connectivity index (χ0n) is 17.4. The van der Waals surface area contributed by atoms with Gasteiger partial charge in [0.05, 0.1) is 4.90 Å². The van der Waals surface area contributed by atoms with E-state index in [1.54, 1.807) is 36.4 Å². The third-order valence-corrected chi connectivity index (χ3v) is 7.39. The molecule has 1 aliphatic rings. The molecule has 3 aromatic carbocycles. The molecule has 1 aliphatic heterocycles. The topological polar surface area (TPSA) is 96.5 Å². The highest BCUT2D eigenvalue weighted by Crippen LogP contribution is 2.29. The SMILES string of the molecule is N=C(c1cc(OCCN2CCCCC2)ccc1N)S(=O)(=O)c1cccc2ccccc12.[HH]. The summed E-state index contributed by atoms with van der Waals surface area (Å²) in [6.45, 7) is 3.51. The highest BCUT2D eigenvalue weighted by atomic mass is 32.2. The van der Waals surface area contributed by atoms with Crippen LogP contribution in [0.15, 0.2) is 65.6 Å². The molecule has 1 heterocycles. The van der Waals surface area contributed by atoms with Crippen LogP contribution in [0.25, 0.3) is 10.8 Å². The summed E-state index contributed by atoms with van der Waals surface area (Å²) in [7, 11) is -4.06. The lowest BCUT2D eigenvalue weighted by atomic mass is 10.1. The van der Waals surface area contributed by atoms with E-state index >= 15 is 0 Å². The van der Waals surface area contributed by atoms with E-state index in [-0.39, 0.29) is 17.6 Å². The summed E-state index contributed by atoms with van der Waals surface area (Å²) >= 11 is 0. The molecule has 3 aromatic rings. The minimum absolute atomic E-state index is 0. The lowest BCUT2D eigenvalue weighted by Crippen LogP contribution is -2.33. The van der Waals surface area contributed by atoms with E-state index in [2.05, 4.69) is 4.90 Å². The van der Waals surface area contributed by atoms with Gasteiger partial charge in [-0.25, -0.2) is 8.42 Å². The van der Waals surface area contributed by atoms with Crippen LogP contribution in [0.1, 0.15) is 26.3 Å². The number of nitrogens with zero attached hydrogens (tertiary/aromatic N) is 1. The standard InChI is InChI=1S/C24H27N3O3S.H2/c25-22-12-11-19(30-16-15-27-13-4-1-5-14-27)17-21(22)24(26)31(28,29)23-10-6-8-18-7-2-3-9-20(18)23;/h2-3,6-12,17,26H,1,4-5,13-16,25H2;1H. The van der Waals surface area contributed by atoms with E-state index in [0.717, 1.165) is 25.0 Å². The molecule has 7 heteroatoms. The second-order valence-corrected chi connectivity index (χ2v) is 9.66. The Balaban J connectivity index is 0.00000289. The van der Waals surface area contributed by atoms with Crippen LogP contribution in [0.3, 0.4) is 0 Å². The number of anilines is 1. The highest BCUT2D eigenvalue weighted by molar-refractivity contribution is 8.07. The maximum Gasteiger partial charge on any atom is 0.224 e. The van der Waals surface area contributed by atoms with Crippen molar-refractivity contribution in [2.75, 3.05) is 32.0 Å². The molecule has 0 bridgehead atoms. The fourth-order valence-electron chi connectivity index (χ4n) is 3.98. The fourth-order valence-corrected chi connectivity index (χ4v) is 5.40. The van der Waals surface area contributed by atoms with E-state index in [0.29, 0.717) is 17.7 Å². The highest BCUT2D eigenvalue weighted by Gasteiger charge is 2.26. The van der Waals surface area contributed by atoms with Crippen molar-refractivity contribution in [1.29, 1.82) is 5.41 Å². The number of nitrogens with one attached hydrogen (secondary N) is 1. The van der Waals surface area contributed by atoms with Gasteiger partial charge in [-0.05, 0) is 55.6 Å². The van der Waals surface area contributed by atoms with Crippen LogP contribution >= 0.6 is 0 Å². The van der Waals surface area contributed by atoms with E-state index in [1.165, 1.54) is 25.3 Å². The summed E-state index contributed by atoms with van der Waals surface area (Å²) in [4.78, 5) is 2.47. The average Bonchev–Trinajstić information content (AvgIpc) is 2.80. The molecule has 1 saturated heterocycles. The van der Waals surface area contributed by atoms with Crippen molar-refractivity contribution in [1.82, 2.24) is 4.90 Å². The van der Waals surface area contributed by atoms with Gasteiger partial charge in [0.1, 0.15) is 12.4 Å². The van der Waals surface area contributed by atoms with Gasteiger partial charge in [0, 0.05) is 24.6 Å². The van der Waals surface area contributed by atoms with Gasteiger partial charge in [-0.15, -0.1) is 0 Å². The predicted molar refractivity (Wildman–Crippen MR) is 127 cm³/mol. The number of ether oxygens (including phenoxy) is 1. The molecule has 0 aliphatic carbocycles. The normalized spacial score (nSPS) is 15.1. The van der Waals surface area contributed by atoms with Crippen molar-refractivity contribution in [2.24, 2.45) is 0 Å². The van der Waals surface area contributed by atoms with Crippen molar-refractivity contribution in [3.05, 3.63) is 66.2 Å².